The third kappa shape index (κ3) is 6.47. The number of anilines is 1. The van der Waals surface area contributed by atoms with Crippen LogP contribution in [0.15, 0.2) is 60.7 Å². The summed E-state index contributed by atoms with van der Waals surface area (Å²) in [5.41, 5.74) is 1.53. The monoisotopic (exact) mass is 339 g/mol. The van der Waals surface area contributed by atoms with Gasteiger partial charge >= 0.3 is 0 Å². The Balaban J connectivity index is 1.72. The number of hydrogen-bond donors (Lipinski definition) is 3. The summed E-state index contributed by atoms with van der Waals surface area (Å²) in [7, 11) is 0. The Morgan fingerprint density at radius 2 is 1.48 bits per heavy atom. The van der Waals surface area contributed by atoms with E-state index in [4.69, 9.17) is 0 Å². The van der Waals surface area contributed by atoms with Gasteiger partial charge in [-0.2, -0.15) is 0 Å². The molecule has 6 nitrogen and oxygen atoms in total. The van der Waals surface area contributed by atoms with Gasteiger partial charge in [0.05, 0.1) is 13.0 Å². The molecule has 130 valence electrons. The molecule has 25 heavy (non-hydrogen) atoms. The van der Waals surface area contributed by atoms with Crippen molar-refractivity contribution in [2.45, 2.75) is 19.4 Å². The van der Waals surface area contributed by atoms with E-state index in [1.807, 2.05) is 36.4 Å². The second-order valence-electron chi connectivity index (χ2n) is 5.58. The van der Waals surface area contributed by atoms with Gasteiger partial charge in [-0.3, -0.25) is 14.4 Å². The summed E-state index contributed by atoms with van der Waals surface area (Å²) in [5.74, 6) is -0.991. The average Bonchev–Trinajstić information content (AvgIpc) is 2.61. The van der Waals surface area contributed by atoms with E-state index in [0.717, 1.165) is 5.56 Å². The highest BCUT2D eigenvalue weighted by Gasteiger charge is 2.16. The quantitative estimate of drug-likeness (QED) is 0.714. The van der Waals surface area contributed by atoms with Crippen molar-refractivity contribution in [1.82, 2.24) is 10.6 Å². The second kappa shape index (κ2) is 9.22. The Hall–Kier alpha value is -3.15. The third-order valence-corrected chi connectivity index (χ3v) is 3.46. The van der Waals surface area contributed by atoms with E-state index in [9.17, 15) is 14.4 Å². The number of carbonyl (C=O) groups is 3. The highest BCUT2D eigenvalue weighted by Crippen LogP contribution is 2.04. The lowest BCUT2D eigenvalue weighted by atomic mass is 10.1. The van der Waals surface area contributed by atoms with Crippen LogP contribution in [0.1, 0.15) is 12.5 Å². The van der Waals surface area contributed by atoms with Crippen LogP contribution in [0, 0.1) is 0 Å². The fourth-order valence-electron chi connectivity index (χ4n) is 2.19. The molecular formula is C19H21N3O3. The standard InChI is InChI=1S/C19H21N3O3/c1-14(21-17(23)12-15-8-4-2-5-9-15)19(25)20-13-18(24)22-16-10-6-3-7-11-16/h2-11,14H,12-13H2,1H3,(H,20,25)(H,21,23)(H,22,24)/t14-/m0/s1. The van der Waals surface area contributed by atoms with Crippen LogP contribution >= 0.6 is 0 Å². The lowest BCUT2D eigenvalue weighted by Crippen LogP contribution is -2.47. The molecule has 0 aliphatic heterocycles. The number of amides is 3. The molecule has 2 aromatic carbocycles. The molecule has 6 heteroatoms. The Morgan fingerprint density at radius 1 is 0.880 bits per heavy atom. The lowest BCUT2D eigenvalue weighted by molar-refractivity contribution is -0.129. The number of benzene rings is 2. The molecule has 0 spiro atoms. The van der Waals surface area contributed by atoms with E-state index < -0.39 is 11.9 Å². The van der Waals surface area contributed by atoms with Gasteiger partial charge in [0.2, 0.25) is 17.7 Å². The molecule has 3 amide bonds. The molecule has 1 atom stereocenters. The van der Waals surface area contributed by atoms with Crippen molar-refractivity contribution in [1.29, 1.82) is 0 Å². The summed E-state index contributed by atoms with van der Waals surface area (Å²) < 4.78 is 0. The molecule has 0 unspecified atom stereocenters. The predicted molar refractivity (Wildman–Crippen MR) is 95.8 cm³/mol. The minimum atomic E-state index is -0.722. The van der Waals surface area contributed by atoms with Gasteiger partial charge in [-0.1, -0.05) is 48.5 Å². The zero-order valence-electron chi connectivity index (χ0n) is 14.0. The molecule has 0 radical (unpaired) electrons. The van der Waals surface area contributed by atoms with E-state index in [1.165, 1.54) is 0 Å². The first-order valence-corrected chi connectivity index (χ1v) is 8.00. The third-order valence-electron chi connectivity index (χ3n) is 3.46. The van der Waals surface area contributed by atoms with E-state index in [1.54, 1.807) is 31.2 Å². The minimum absolute atomic E-state index is 0.160. The Bertz CT molecular complexity index is 717. The van der Waals surface area contributed by atoms with Crippen LogP contribution in [-0.4, -0.2) is 30.3 Å². The van der Waals surface area contributed by atoms with Crippen LogP contribution in [0.3, 0.4) is 0 Å². The van der Waals surface area contributed by atoms with Gasteiger partial charge in [0.15, 0.2) is 0 Å². The molecule has 3 N–H and O–H groups in total. The number of rotatable bonds is 7. The van der Waals surface area contributed by atoms with Crippen LogP contribution in [-0.2, 0) is 20.8 Å². The molecular weight excluding hydrogens is 318 g/mol. The van der Waals surface area contributed by atoms with E-state index in [-0.39, 0.29) is 24.8 Å². The SMILES string of the molecule is C[C@H](NC(=O)Cc1ccccc1)C(=O)NCC(=O)Nc1ccccc1. The smallest absolute Gasteiger partial charge is 0.243 e. The van der Waals surface area contributed by atoms with Gasteiger partial charge in [0, 0.05) is 5.69 Å². The summed E-state index contributed by atoms with van der Waals surface area (Å²) in [6.07, 6.45) is 0.201. The van der Waals surface area contributed by atoms with Crippen molar-refractivity contribution in [3.63, 3.8) is 0 Å². The van der Waals surface area contributed by atoms with Gasteiger partial charge in [0.25, 0.3) is 0 Å². The summed E-state index contributed by atoms with van der Waals surface area (Å²) in [5, 5.41) is 7.79. The molecule has 2 aromatic rings. The fraction of sp³-hybridized carbons (Fsp3) is 0.211. The molecule has 0 saturated carbocycles. The first kappa shape index (κ1) is 18.2. The molecule has 0 heterocycles. The van der Waals surface area contributed by atoms with Crippen molar-refractivity contribution in [3.8, 4) is 0 Å². The highest BCUT2D eigenvalue weighted by molar-refractivity contribution is 5.96. The maximum Gasteiger partial charge on any atom is 0.243 e. The molecule has 0 fully saturated rings. The highest BCUT2D eigenvalue weighted by atomic mass is 16.2. The van der Waals surface area contributed by atoms with E-state index in [2.05, 4.69) is 16.0 Å². The first-order valence-electron chi connectivity index (χ1n) is 8.00. The summed E-state index contributed by atoms with van der Waals surface area (Å²) >= 11 is 0. The first-order chi connectivity index (χ1) is 12.0. The largest absolute Gasteiger partial charge is 0.345 e. The van der Waals surface area contributed by atoms with Crippen molar-refractivity contribution < 1.29 is 14.4 Å². The van der Waals surface area contributed by atoms with Gasteiger partial charge < -0.3 is 16.0 Å². The predicted octanol–water partition coefficient (Wildman–Crippen LogP) is 1.49. The zero-order valence-corrected chi connectivity index (χ0v) is 14.0. The normalized spacial score (nSPS) is 11.2. The minimum Gasteiger partial charge on any atom is -0.345 e. The van der Waals surface area contributed by atoms with Crippen molar-refractivity contribution in [2.75, 3.05) is 11.9 Å². The molecule has 2 rings (SSSR count). The maximum atomic E-state index is 12.0. The van der Waals surface area contributed by atoms with Crippen LogP contribution < -0.4 is 16.0 Å². The molecule has 0 aliphatic carbocycles. The Kier molecular flexibility index (Phi) is 6.71. The molecule has 0 aliphatic rings. The maximum absolute atomic E-state index is 12.0. The Morgan fingerprint density at radius 3 is 2.12 bits per heavy atom. The second-order valence-corrected chi connectivity index (χ2v) is 5.58. The molecule has 0 bridgehead atoms. The summed E-state index contributed by atoms with van der Waals surface area (Å²) in [6, 6.07) is 17.5. The molecule has 0 aromatic heterocycles. The molecule has 0 saturated heterocycles. The zero-order chi connectivity index (χ0) is 18.1. The van der Waals surface area contributed by atoms with Crippen molar-refractivity contribution in [3.05, 3.63) is 66.2 Å². The topological polar surface area (TPSA) is 87.3 Å². The van der Waals surface area contributed by atoms with E-state index >= 15 is 0 Å². The van der Waals surface area contributed by atoms with Crippen LogP contribution in [0.2, 0.25) is 0 Å². The van der Waals surface area contributed by atoms with Gasteiger partial charge in [-0.15, -0.1) is 0 Å². The number of hydrogen-bond acceptors (Lipinski definition) is 3. The van der Waals surface area contributed by atoms with Crippen LogP contribution in [0.4, 0.5) is 5.69 Å². The van der Waals surface area contributed by atoms with Gasteiger partial charge in [0.1, 0.15) is 6.04 Å². The van der Waals surface area contributed by atoms with Crippen LogP contribution in [0.25, 0.3) is 0 Å². The number of carbonyl (C=O) groups excluding carboxylic acids is 3. The van der Waals surface area contributed by atoms with Crippen molar-refractivity contribution >= 4 is 23.4 Å². The van der Waals surface area contributed by atoms with Gasteiger partial charge in [-0.05, 0) is 24.6 Å². The number of nitrogens with one attached hydrogen (secondary N) is 3. The lowest BCUT2D eigenvalue weighted by Gasteiger charge is -2.14. The van der Waals surface area contributed by atoms with E-state index in [0.29, 0.717) is 5.69 Å². The van der Waals surface area contributed by atoms with Crippen molar-refractivity contribution in [2.24, 2.45) is 0 Å². The van der Waals surface area contributed by atoms with Gasteiger partial charge in [-0.25, -0.2) is 0 Å². The van der Waals surface area contributed by atoms with Crippen LogP contribution in [0.5, 0.6) is 0 Å². The summed E-state index contributed by atoms with van der Waals surface area (Å²) in [6.45, 7) is 1.42. The summed E-state index contributed by atoms with van der Waals surface area (Å²) in [4.78, 5) is 35.7. The Labute approximate surface area is 146 Å². The average molecular weight is 339 g/mol. The fourth-order valence-corrected chi connectivity index (χ4v) is 2.19. The number of para-hydroxylation sites is 1.